The summed E-state index contributed by atoms with van der Waals surface area (Å²) in [7, 11) is 3.01. The van der Waals surface area contributed by atoms with Gasteiger partial charge in [0.05, 0.1) is 31.0 Å². The van der Waals surface area contributed by atoms with E-state index in [4.69, 9.17) is 9.47 Å². The molecule has 1 aromatic heterocycles. The van der Waals surface area contributed by atoms with Crippen molar-refractivity contribution >= 4 is 17.5 Å². The van der Waals surface area contributed by atoms with Crippen LogP contribution in [0.15, 0.2) is 42.6 Å². The van der Waals surface area contributed by atoms with Crippen LogP contribution in [0.3, 0.4) is 0 Å². The summed E-state index contributed by atoms with van der Waals surface area (Å²) in [4.78, 5) is 26.2. The summed E-state index contributed by atoms with van der Waals surface area (Å²) in [6.07, 6.45) is 4.37. The number of ether oxygens (including phenoxy) is 2. The number of nitro groups is 1. The van der Waals surface area contributed by atoms with Crippen LogP contribution in [-0.2, 0) is 0 Å². The summed E-state index contributed by atoms with van der Waals surface area (Å²) >= 11 is 0. The van der Waals surface area contributed by atoms with Gasteiger partial charge in [0.25, 0.3) is 5.69 Å². The maximum atomic E-state index is 12.0. The molecule has 2 rings (SSSR count). The molecule has 0 fully saturated rings. The summed E-state index contributed by atoms with van der Waals surface area (Å²) in [6.45, 7) is 0. The SMILES string of the molecule is COc1cnc(C=CC(=O)c2ccc([N+](=O)[O-])cc2)cc1OC. The Kier molecular flexibility index (Phi) is 5.03. The molecule has 0 radical (unpaired) electrons. The molecule has 0 aliphatic heterocycles. The molecule has 0 aliphatic rings. The summed E-state index contributed by atoms with van der Waals surface area (Å²) in [6, 6.07) is 7.03. The van der Waals surface area contributed by atoms with E-state index in [-0.39, 0.29) is 11.5 Å². The molecule has 7 heteroatoms. The van der Waals surface area contributed by atoms with Gasteiger partial charge < -0.3 is 9.47 Å². The fourth-order valence-electron chi connectivity index (χ4n) is 1.85. The van der Waals surface area contributed by atoms with Crippen molar-refractivity contribution in [2.45, 2.75) is 0 Å². The topological polar surface area (TPSA) is 91.6 Å². The van der Waals surface area contributed by atoms with Gasteiger partial charge in [0, 0.05) is 23.8 Å². The number of carbonyl (C=O) groups is 1. The molecular weight excluding hydrogens is 300 g/mol. The third-order valence-electron chi connectivity index (χ3n) is 3.06. The van der Waals surface area contributed by atoms with Crippen molar-refractivity contribution in [1.82, 2.24) is 4.98 Å². The first-order valence-corrected chi connectivity index (χ1v) is 6.60. The van der Waals surface area contributed by atoms with E-state index in [9.17, 15) is 14.9 Å². The number of allylic oxidation sites excluding steroid dienone is 1. The molecule has 0 saturated heterocycles. The molecule has 118 valence electrons. The molecule has 0 saturated carbocycles. The normalized spacial score (nSPS) is 10.5. The van der Waals surface area contributed by atoms with Gasteiger partial charge in [0.1, 0.15) is 0 Å². The number of benzene rings is 1. The van der Waals surface area contributed by atoms with Crippen LogP contribution in [0, 0.1) is 10.1 Å². The van der Waals surface area contributed by atoms with E-state index in [2.05, 4.69) is 4.98 Å². The van der Waals surface area contributed by atoms with Gasteiger partial charge in [-0.2, -0.15) is 0 Å². The Balaban J connectivity index is 2.16. The molecule has 1 aromatic carbocycles. The molecule has 0 atom stereocenters. The maximum absolute atomic E-state index is 12.0. The van der Waals surface area contributed by atoms with E-state index >= 15 is 0 Å². The van der Waals surface area contributed by atoms with Gasteiger partial charge in [-0.3, -0.25) is 19.9 Å². The van der Waals surface area contributed by atoms with Crippen LogP contribution in [0.5, 0.6) is 11.5 Å². The molecule has 23 heavy (non-hydrogen) atoms. The number of rotatable bonds is 6. The van der Waals surface area contributed by atoms with Crippen LogP contribution < -0.4 is 9.47 Å². The van der Waals surface area contributed by atoms with Crippen molar-refractivity contribution in [3.63, 3.8) is 0 Å². The minimum atomic E-state index is -0.516. The Labute approximate surface area is 132 Å². The lowest BCUT2D eigenvalue weighted by Gasteiger charge is -2.06. The lowest BCUT2D eigenvalue weighted by Crippen LogP contribution is -1.96. The Bertz CT molecular complexity index is 754. The smallest absolute Gasteiger partial charge is 0.269 e. The number of non-ortho nitro benzene ring substituents is 1. The van der Waals surface area contributed by atoms with Crippen molar-refractivity contribution in [3.05, 3.63) is 64.0 Å². The second-order valence-corrected chi connectivity index (χ2v) is 4.47. The number of hydrogen-bond donors (Lipinski definition) is 0. The zero-order valence-electron chi connectivity index (χ0n) is 12.6. The molecule has 0 N–H and O–H groups in total. The van der Waals surface area contributed by atoms with Crippen molar-refractivity contribution in [3.8, 4) is 11.5 Å². The van der Waals surface area contributed by atoms with E-state index < -0.39 is 4.92 Å². The average Bonchev–Trinajstić information content (AvgIpc) is 2.59. The molecule has 2 aromatic rings. The van der Waals surface area contributed by atoms with Crippen LogP contribution in [0.4, 0.5) is 5.69 Å². The van der Waals surface area contributed by atoms with Crippen molar-refractivity contribution in [2.75, 3.05) is 14.2 Å². The van der Waals surface area contributed by atoms with Gasteiger partial charge in [-0.15, -0.1) is 0 Å². The largest absolute Gasteiger partial charge is 0.493 e. The Morgan fingerprint density at radius 2 is 1.83 bits per heavy atom. The van der Waals surface area contributed by atoms with Gasteiger partial charge in [-0.25, -0.2) is 0 Å². The van der Waals surface area contributed by atoms with Crippen LogP contribution >= 0.6 is 0 Å². The molecule has 0 spiro atoms. The van der Waals surface area contributed by atoms with Crippen molar-refractivity contribution in [1.29, 1.82) is 0 Å². The predicted octanol–water partition coefficient (Wildman–Crippen LogP) is 2.90. The second-order valence-electron chi connectivity index (χ2n) is 4.47. The third kappa shape index (κ3) is 3.91. The molecule has 0 aliphatic carbocycles. The third-order valence-corrected chi connectivity index (χ3v) is 3.06. The van der Waals surface area contributed by atoms with E-state index in [0.717, 1.165) is 0 Å². The summed E-state index contributed by atoms with van der Waals surface area (Å²) in [5, 5.41) is 10.6. The highest BCUT2D eigenvalue weighted by molar-refractivity contribution is 6.06. The van der Waals surface area contributed by atoms with E-state index in [1.165, 1.54) is 56.8 Å². The van der Waals surface area contributed by atoms with Crippen LogP contribution in [0.25, 0.3) is 6.08 Å². The van der Waals surface area contributed by atoms with Gasteiger partial charge in [-0.05, 0) is 24.3 Å². The summed E-state index contributed by atoms with van der Waals surface area (Å²) in [5.41, 5.74) is 0.817. The van der Waals surface area contributed by atoms with Gasteiger partial charge in [-0.1, -0.05) is 0 Å². The number of nitro benzene ring substituents is 1. The van der Waals surface area contributed by atoms with Crippen LogP contribution in [-0.4, -0.2) is 29.9 Å². The van der Waals surface area contributed by atoms with E-state index in [1.54, 1.807) is 6.07 Å². The summed E-state index contributed by atoms with van der Waals surface area (Å²) < 4.78 is 10.2. The standard InChI is InChI=1S/C16H14N2O5/c1-22-15-9-12(17-10-16(15)23-2)5-8-14(19)11-3-6-13(7-4-11)18(20)21/h3-10H,1-2H3. The van der Waals surface area contributed by atoms with Gasteiger partial charge >= 0.3 is 0 Å². The zero-order chi connectivity index (χ0) is 16.8. The van der Waals surface area contributed by atoms with E-state index in [1.807, 2.05) is 0 Å². The number of ketones is 1. The number of methoxy groups -OCH3 is 2. The molecule has 7 nitrogen and oxygen atoms in total. The highest BCUT2D eigenvalue weighted by Crippen LogP contribution is 2.26. The lowest BCUT2D eigenvalue weighted by molar-refractivity contribution is -0.384. The van der Waals surface area contributed by atoms with E-state index in [0.29, 0.717) is 22.8 Å². The Hall–Kier alpha value is -3.22. The highest BCUT2D eigenvalue weighted by atomic mass is 16.6. The van der Waals surface area contributed by atoms with Crippen LogP contribution in [0.2, 0.25) is 0 Å². The number of hydrogen-bond acceptors (Lipinski definition) is 6. The number of aromatic nitrogens is 1. The first-order chi connectivity index (χ1) is 11.0. The predicted molar refractivity (Wildman–Crippen MR) is 83.8 cm³/mol. The molecule has 0 amide bonds. The quantitative estimate of drug-likeness (QED) is 0.352. The number of carbonyl (C=O) groups excluding carboxylic acids is 1. The molecule has 0 bridgehead atoms. The van der Waals surface area contributed by atoms with Gasteiger partial charge in [0.2, 0.25) is 0 Å². The fraction of sp³-hybridized carbons (Fsp3) is 0.125. The first-order valence-electron chi connectivity index (χ1n) is 6.60. The lowest BCUT2D eigenvalue weighted by atomic mass is 10.1. The fourth-order valence-corrected chi connectivity index (χ4v) is 1.85. The molecule has 1 heterocycles. The maximum Gasteiger partial charge on any atom is 0.269 e. The first kappa shape index (κ1) is 16.2. The van der Waals surface area contributed by atoms with Crippen molar-refractivity contribution < 1.29 is 19.2 Å². The van der Waals surface area contributed by atoms with Crippen LogP contribution in [0.1, 0.15) is 16.1 Å². The Morgan fingerprint density at radius 1 is 1.17 bits per heavy atom. The highest BCUT2D eigenvalue weighted by Gasteiger charge is 2.08. The molecule has 0 unspecified atom stereocenters. The minimum absolute atomic E-state index is 0.0629. The number of nitrogens with zero attached hydrogens (tertiary/aromatic N) is 2. The monoisotopic (exact) mass is 314 g/mol. The second kappa shape index (κ2) is 7.17. The summed E-state index contributed by atoms with van der Waals surface area (Å²) in [5.74, 6) is 0.716. The minimum Gasteiger partial charge on any atom is -0.493 e. The van der Waals surface area contributed by atoms with Gasteiger partial charge in [0.15, 0.2) is 17.3 Å². The zero-order valence-corrected chi connectivity index (χ0v) is 12.6. The average molecular weight is 314 g/mol. The molecular formula is C16H14N2O5. The number of pyridine rings is 1. The van der Waals surface area contributed by atoms with Crippen molar-refractivity contribution in [2.24, 2.45) is 0 Å². The Morgan fingerprint density at radius 3 is 2.39 bits per heavy atom.